The van der Waals surface area contributed by atoms with E-state index in [9.17, 15) is 0 Å². The Bertz CT molecular complexity index is 170. The zero-order valence-corrected chi connectivity index (χ0v) is 17.2. The Kier molecular flexibility index (Phi) is 22.7. The number of hydrogen-bond donors (Lipinski definition) is 0. The summed E-state index contributed by atoms with van der Waals surface area (Å²) >= 11 is 2.08. The van der Waals surface area contributed by atoms with Gasteiger partial charge in [-0.2, -0.15) is 11.8 Å². The molecule has 0 aliphatic rings. The van der Waals surface area contributed by atoms with Gasteiger partial charge in [-0.1, -0.05) is 117 Å². The Hall–Kier alpha value is 0.350. The molecule has 0 aliphatic carbocycles. The van der Waals surface area contributed by atoms with Crippen LogP contribution in [0.25, 0.3) is 0 Å². The molecule has 0 aromatic carbocycles. The van der Waals surface area contributed by atoms with E-state index in [4.69, 9.17) is 0 Å². The lowest BCUT2D eigenvalue weighted by molar-refractivity contribution is 0.565. The van der Waals surface area contributed by atoms with Crippen molar-refractivity contribution in [3.8, 4) is 0 Å². The maximum Gasteiger partial charge on any atom is 0.0166 e. The Morgan fingerprint density at radius 3 is 1.35 bits per heavy atom. The fourth-order valence-corrected chi connectivity index (χ4v) is 3.90. The van der Waals surface area contributed by atoms with E-state index in [1.807, 2.05) is 0 Å². The molecule has 139 valence electrons. The third kappa shape index (κ3) is 22.4. The van der Waals surface area contributed by atoms with Gasteiger partial charge in [-0.3, -0.25) is 0 Å². The second-order valence-electron chi connectivity index (χ2n) is 7.13. The van der Waals surface area contributed by atoms with Crippen molar-refractivity contribution >= 4 is 11.8 Å². The lowest BCUT2D eigenvalue weighted by atomic mass is 10.1. The van der Waals surface area contributed by atoms with Crippen LogP contribution in [0.2, 0.25) is 0 Å². The summed E-state index contributed by atoms with van der Waals surface area (Å²) in [5, 5.41) is 0. The van der Waals surface area contributed by atoms with Crippen molar-refractivity contribution in [2.75, 3.05) is 5.75 Å². The van der Waals surface area contributed by atoms with E-state index in [2.05, 4.69) is 31.4 Å². The molecule has 0 nitrogen and oxygen atoms in total. The van der Waals surface area contributed by atoms with Gasteiger partial charge in [-0.05, 0) is 18.6 Å². The Morgan fingerprint density at radius 1 is 0.478 bits per heavy atom. The minimum absolute atomic E-state index is 1.33. The second kappa shape index (κ2) is 22.4. The van der Waals surface area contributed by atoms with Gasteiger partial charge in [0, 0.05) is 5.75 Å². The summed E-state index contributed by atoms with van der Waals surface area (Å²) in [6.45, 7) is 4.59. The van der Waals surface area contributed by atoms with Crippen molar-refractivity contribution in [1.29, 1.82) is 0 Å². The summed E-state index contributed by atoms with van der Waals surface area (Å²) in [6, 6.07) is 0. The Balaban J connectivity index is 2.92. The van der Waals surface area contributed by atoms with Gasteiger partial charge in [-0.15, -0.1) is 0 Å². The molecule has 0 N–H and O–H groups in total. The van der Waals surface area contributed by atoms with Crippen molar-refractivity contribution in [3.05, 3.63) is 5.75 Å². The lowest BCUT2D eigenvalue weighted by Gasteiger charge is -2.03. The quantitative estimate of drug-likeness (QED) is 0.199. The molecular formula is C22H45S. The molecule has 0 unspecified atom stereocenters. The second-order valence-corrected chi connectivity index (χ2v) is 8.20. The van der Waals surface area contributed by atoms with E-state index in [1.165, 1.54) is 121 Å². The van der Waals surface area contributed by atoms with E-state index in [-0.39, 0.29) is 0 Å². The third-order valence-electron chi connectivity index (χ3n) is 4.66. The van der Waals surface area contributed by atoms with Crippen LogP contribution in [0.15, 0.2) is 0 Å². The number of thioether (sulfide) groups is 1. The molecule has 0 bridgehead atoms. The molecule has 1 heteroatoms. The van der Waals surface area contributed by atoms with E-state index in [0.29, 0.717) is 0 Å². The van der Waals surface area contributed by atoms with Crippen LogP contribution in [-0.2, 0) is 0 Å². The molecule has 0 amide bonds. The lowest BCUT2D eigenvalue weighted by Crippen LogP contribution is -1.84. The monoisotopic (exact) mass is 341 g/mol. The van der Waals surface area contributed by atoms with E-state index in [1.54, 1.807) is 0 Å². The van der Waals surface area contributed by atoms with Crippen molar-refractivity contribution in [1.82, 2.24) is 0 Å². The topological polar surface area (TPSA) is 0 Å². The van der Waals surface area contributed by atoms with Crippen LogP contribution in [0.5, 0.6) is 0 Å². The maximum absolute atomic E-state index is 2.47. The van der Waals surface area contributed by atoms with E-state index < -0.39 is 0 Å². The van der Waals surface area contributed by atoms with Gasteiger partial charge < -0.3 is 0 Å². The predicted octanol–water partition coefficient (Wildman–Crippen LogP) is 8.94. The first-order valence-electron chi connectivity index (χ1n) is 10.8. The first-order chi connectivity index (χ1) is 11.4. The highest BCUT2D eigenvalue weighted by atomic mass is 32.2. The molecule has 0 heterocycles. The standard InChI is InChI=1S/C22H45S/c1-3-5-7-9-11-13-14-16-18-20-22-23-21-19-17-15-12-10-8-6-4-2/h22H,3-21H2,1-2H3. The van der Waals surface area contributed by atoms with Crippen LogP contribution in [0.4, 0.5) is 0 Å². The zero-order chi connectivity index (χ0) is 16.8. The van der Waals surface area contributed by atoms with Crippen LogP contribution in [0.1, 0.15) is 129 Å². The number of rotatable bonds is 20. The molecule has 0 spiro atoms. The normalized spacial score (nSPS) is 11.2. The molecule has 0 saturated heterocycles. The van der Waals surface area contributed by atoms with Crippen molar-refractivity contribution in [3.63, 3.8) is 0 Å². The molecule has 0 aliphatic heterocycles. The summed E-state index contributed by atoms with van der Waals surface area (Å²) in [4.78, 5) is 0. The highest BCUT2D eigenvalue weighted by Gasteiger charge is 1.95. The first-order valence-corrected chi connectivity index (χ1v) is 11.9. The average molecular weight is 342 g/mol. The summed E-state index contributed by atoms with van der Waals surface area (Å²) < 4.78 is 0. The van der Waals surface area contributed by atoms with Crippen LogP contribution in [0.3, 0.4) is 0 Å². The molecule has 0 atom stereocenters. The molecule has 0 rings (SSSR count). The molecular weight excluding hydrogens is 296 g/mol. The van der Waals surface area contributed by atoms with Crippen LogP contribution < -0.4 is 0 Å². The van der Waals surface area contributed by atoms with Crippen molar-refractivity contribution in [2.24, 2.45) is 0 Å². The van der Waals surface area contributed by atoms with Gasteiger partial charge in [0.15, 0.2) is 0 Å². The third-order valence-corrected chi connectivity index (χ3v) is 5.65. The molecule has 0 saturated carbocycles. The van der Waals surface area contributed by atoms with Gasteiger partial charge in [0.2, 0.25) is 0 Å². The zero-order valence-electron chi connectivity index (χ0n) is 16.4. The minimum Gasteiger partial charge on any atom is -0.157 e. The summed E-state index contributed by atoms with van der Waals surface area (Å²) in [5.74, 6) is 3.83. The Morgan fingerprint density at radius 2 is 0.870 bits per heavy atom. The minimum atomic E-state index is 1.33. The maximum atomic E-state index is 2.47. The van der Waals surface area contributed by atoms with Crippen LogP contribution >= 0.6 is 11.8 Å². The van der Waals surface area contributed by atoms with Crippen LogP contribution in [-0.4, -0.2) is 5.75 Å². The molecule has 0 aromatic heterocycles. The van der Waals surface area contributed by atoms with Gasteiger partial charge in [0.1, 0.15) is 0 Å². The Labute approximate surface area is 153 Å². The van der Waals surface area contributed by atoms with Crippen molar-refractivity contribution in [2.45, 2.75) is 129 Å². The van der Waals surface area contributed by atoms with Crippen molar-refractivity contribution < 1.29 is 0 Å². The number of unbranched alkanes of at least 4 members (excludes halogenated alkanes) is 16. The fourth-order valence-electron chi connectivity index (χ4n) is 3.02. The summed E-state index contributed by atoms with van der Waals surface area (Å²) in [7, 11) is 0. The fraction of sp³-hybridized carbons (Fsp3) is 0.955. The van der Waals surface area contributed by atoms with Gasteiger partial charge in [0.05, 0.1) is 0 Å². The van der Waals surface area contributed by atoms with Gasteiger partial charge >= 0.3 is 0 Å². The van der Waals surface area contributed by atoms with Gasteiger partial charge in [0.25, 0.3) is 0 Å². The molecule has 0 fully saturated rings. The molecule has 1 radical (unpaired) electrons. The highest BCUT2D eigenvalue weighted by Crippen LogP contribution is 2.17. The number of hydrogen-bond acceptors (Lipinski definition) is 1. The highest BCUT2D eigenvalue weighted by molar-refractivity contribution is 8.01. The molecule has 0 aromatic rings. The average Bonchev–Trinajstić information content (AvgIpc) is 2.57. The van der Waals surface area contributed by atoms with Gasteiger partial charge in [-0.25, -0.2) is 0 Å². The summed E-state index contributed by atoms with van der Waals surface area (Å²) in [5.41, 5.74) is 0. The molecule has 23 heavy (non-hydrogen) atoms. The smallest absolute Gasteiger partial charge is 0.0166 e. The SMILES string of the molecule is CCCCCCCCCCC[CH]SCCCCCCCCCC. The van der Waals surface area contributed by atoms with E-state index >= 15 is 0 Å². The largest absolute Gasteiger partial charge is 0.157 e. The van der Waals surface area contributed by atoms with E-state index in [0.717, 1.165) is 0 Å². The first kappa shape index (κ1) is 23.4. The van der Waals surface area contributed by atoms with Crippen LogP contribution in [0, 0.1) is 5.75 Å². The predicted molar refractivity (Wildman–Crippen MR) is 111 cm³/mol. The summed E-state index contributed by atoms with van der Waals surface area (Å²) in [6.07, 6.45) is 25.8.